The summed E-state index contributed by atoms with van der Waals surface area (Å²) in [6.45, 7) is 4.14. The zero-order valence-electron chi connectivity index (χ0n) is 8.99. The molecule has 0 bridgehead atoms. The zero-order valence-corrected chi connectivity index (χ0v) is 9.80. The van der Waals surface area contributed by atoms with Crippen molar-refractivity contribution in [2.45, 2.75) is 20.3 Å². The minimum Gasteiger partial charge on any atom is -0.294 e. The second kappa shape index (κ2) is 4.15. The molecule has 1 nitrogen and oxygen atoms in total. The molecule has 0 aliphatic carbocycles. The van der Waals surface area contributed by atoms with Crippen molar-refractivity contribution < 1.29 is 4.79 Å². The lowest BCUT2D eigenvalue weighted by atomic mass is 10.0. The van der Waals surface area contributed by atoms with E-state index in [0.29, 0.717) is 12.3 Å². The zero-order chi connectivity index (χ0) is 10.8. The topological polar surface area (TPSA) is 17.1 Å². The summed E-state index contributed by atoms with van der Waals surface area (Å²) < 4.78 is 1.25. The smallest absolute Gasteiger partial charge is 0.163 e. The van der Waals surface area contributed by atoms with E-state index < -0.39 is 0 Å². The van der Waals surface area contributed by atoms with Gasteiger partial charge in [-0.2, -0.15) is 0 Å². The molecule has 0 radical (unpaired) electrons. The average Bonchev–Trinajstić information content (AvgIpc) is 2.62. The van der Waals surface area contributed by atoms with Crippen LogP contribution < -0.4 is 0 Å². The van der Waals surface area contributed by atoms with Crippen molar-refractivity contribution in [3.05, 3.63) is 35.2 Å². The number of carbonyl (C=O) groups is 1. The van der Waals surface area contributed by atoms with Crippen molar-refractivity contribution in [3.63, 3.8) is 0 Å². The molecule has 1 heterocycles. The van der Waals surface area contributed by atoms with Crippen molar-refractivity contribution in [2.24, 2.45) is 5.92 Å². The maximum Gasteiger partial charge on any atom is 0.163 e. The van der Waals surface area contributed by atoms with Gasteiger partial charge >= 0.3 is 0 Å². The molecular formula is C13H14OS. The molecule has 0 aliphatic rings. The molecule has 2 aromatic rings. The Kier molecular flexibility index (Phi) is 2.87. The third-order valence-corrected chi connectivity index (χ3v) is 3.27. The van der Waals surface area contributed by atoms with E-state index in [1.807, 2.05) is 18.2 Å². The number of fused-ring (bicyclic) bond motifs is 1. The molecular weight excluding hydrogens is 204 g/mol. The van der Waals surface area contributed by atoms with Gasteiger partial charge < -0.3 is 0 Å². The summed E-state index contributed by atoms with van der Waals surface area (Å²) in [6, 6.07) is 8.03. The van der Waals surface area contributed by atoms with Crippen LogP contribution in [0.2, 0.25) is 0 Å². The molecule has 0 amide bonds. The van der Waals surface area contributed by atoms with Gasteiger partial charge in [0.05, 0.1) is 0 Å². The van der Waals surface area contributed by atoms with Gasteiger partial charge in [0.25, 0.3) is 0 Å². The highest BCUT2D eigenvalue weighted by Gasteiger charge is 2.08. The fraction of sp³-hybridized carbons (Fsp3) is 0.308. The van der Waals surface area contributed by atoms with Crippen LogP contribution >= 0.6 is 11.3 Å². The summed E-state index contributed by atoms with van der Waals surface area (Å²) in [5, 5.41) is 3.23. The van der Waals surface area contributed by atoms with Gasteiger partial charge in [-0.3, -0.25) is 4.79 Å². The van der Waals surface area contributed by atoms with E-state index in [9.17, 15) is 4.79 Å². The Balaban J connectivity index is 2.31. The Hall–Kier alpha value is -1.15. The molecule has 1 aromatic heterocycles. The molecule has 0 spiro atoms. The number of ketones is 1. The van der Waals surface area contributed by atoms with E-state index in [4.69, 9.17) is 0 Å². The number of Topliss-reactive ketones (excluding diaryl/α,β-unsaturated/α-hetero) is 1. The standard InChI is InChI=1S/C13H14OS/c1-9(2)7-12(14)10-3-4-13-11(8-10)5-6-15-13/h3-6,8-9H,7H2,1-2H3. The van der Waals surface area contributed by atoms with Crippen LogP contribution in [-0.2, 0) is 0 Å². The van der Waals surface area contributed by atoms with Crippen LogP contribution in [0.1, 0.15) is 30.6 Å². The van der Waals surface area contributed by atoms with E-state index >= 15 is 0 Å². The van der Waals surface area contributed by atoms with Gasteiger partial charge in [-0.25, -0.2) is 0 Å². The predicted molar refractivity (Wildman–Crippen MR) is 65.6 cm³/mol. The van der Waals surface area contributed by atoms with Crippen molar-refractivity contribution >= 4 is 27.2 Å². The van der Waals surface area contributed by atoms with Crippen molar-refractivity contribution in [1.82, 2.24) is 0 Å². The van der Waals surface area contributed by atoms with Crippen LogP contribution in [0.3, 0.4) is 0 Å². The van der Waals surface area contributed by atoms with E-state index in [2.05, 4.69) is 25.3 Å². The van der Waals surface area contributed by atoms with Gasteiger partial charge in [0.1, 0.15) is 0 Å². The first-order chi connectivity index (χ1) is 7.16. The van der Waals surface area contributed by atoms with Gasteiger partial charge in [-0.15, -0.1) is 11.3 Å². The molecule has 0 atom stereocenters. The fourth-order valence-corrected chi connectivity index (χ4v) is 2.40. The Morgan fingerprint density at radius 2 is 2.13 bits per heavy atom. The lowest BCUT2D eigenvalue weighted by Gasteiger charge is -2.03. The van der Waals surface area contributed by atoms with Crippen LogP contribution in [0.15, 0.2) is 29.6 Å². The molecule has 0 N–H and O–H groups in total. The third-order valence-electron chi connectivity index (χ3n) is 2.37. The van der Waals surface area contributed by atoms with Crippen LogP contribution in [0, 0.1) is 5.92 Å². The first-order valence-electron chi connectivity index (χ1n) is 5.17. The Bertz CT molecular complexity index is 482. The first kappa shape index (κ1) is 10.4. The van der Waals surface area contributed by atoms with Gasteiger partial charge in [-0.1, -0.05) is 13.8 Å². The Labute approximate surface area is 93.7 Å². The number of hydrogen-bond donors (Lipinski definition) is 0. The molecule has 78 valence electrons. The number of benzene rings is 1. The highest BCUT2D eigenvalue weighted by atomic mass is 32.1. The van der Waals surface area contributed by atoms with Crippen LogP contribution in [-0.4, -0.2) is 5.78 Å². The third kappa shape index (κ3) is 2.26. The average molecular weight is 218 g/mol. The maximum absolute atomic E-state index is 11.8. The minimum atomic E-state index is 0.248. The summed E-state index contributed by atoms with van der Waals surface area (Å²) in [5.41, 5.74) is 0.842. The SMILES string of the molecule is CC(C)CC(=O)c1ccc2sccc2c1. The normalized spacial score (nSPS) is 11.1. The van der Waals surface area contributed by atoms with Gasteiger partial charge in [0.15, 0.2) is 5.78 Å². The summed E-state index contributed by atoms with van der Waals surface area (Å²) in [5.74, 6) is 0.675. The summed E-state index contributed by atoms with van der Waals surface area (Å²) in [4.78, 5) is 11.8. The molecule has 0 fully saturated rings. The number of rotatable bonds is 3. The molecule has 0 saturated carbocycles. The largest absolute Gasteiger partial charge is 0.294 e. The van der Waals surface area contributed by atoms with Gasteiger partial charge in [0, 0.05) is 16.7 Å². The second-order valence-corrected chi connectivity index (χ2v) is 5.14. The summed E-state index contributed by atoms with van der Waals surface area (Å²) >= 11 is 1.71. The Morgan fingerprint density at radius 3 is 2.87 bits per heavy atom. The number of hydrogen-bond acceptors (Lipinski definition) is 2. The Morgan fingerprint density at radius 1 is 1.33 bits per heavy atom. The monoisotopic (exact) mass is 218 g/mol. The van der Waals surface area contributed by atoms with E-state index in [1.165, 1.54) is 10.1 Å². The number of carbonyl (C=O) groups excluding carboxylic acids is 1. The van der Waals surface area contributed by atoms with Crippen molar-refractivity contribution in [3.8, 4) is 0 Å². The van der Waals surface area contributed by atoms with E-state index in [0.717, 1.165) is 5.56 Å². The lowest BCUT2D eigenvalue weighted by Crippen LogP contribution is -2.02. The minimum absolute atomic E-state index is 0.248. The second-order valence-electron chi connectivity index (χ2n) is 4.19. The quantitative estimate of drug-likeness (QED) is 0.708. The van der Waals surface area contributed by atoms with E-state index in [1.54, 1.807) is 11.3 Å². The highest BCUT2D eigenvalue weighted by Crippen LogP contribution is 2.22. The molecule has 0 unspecified atom stereocenters. The van der Waals surface area contributed by atoms with Crippen molar-refractivity contribution in [2.75, 3.05) is 0 Å². The summed E-state index contributed by atoms with van der Waals surface area (Å²) in [7, 11) is 0. The van der Waals surface area contributed by atoms with Crippen LogP contribution in [0.4, 0.5) is 0 Å². The molecule has 0 saturated heterocycles. The number of thiophene rings is 1. The lowest BCUT2D eigenvalue weighted by molar-refractivity contribution is 0.0968. The van der Waals surface area contributed by atoms with E-state index in [-0.39, 0.29) is 5.78 Å². The van der Waals surface area contributed by atoms with Gasteiger partial charge in [0.2, 0.25) is 0 Å². The van der Waals surface area contributed by atoms with Crippen LogP contribution in [0.5, 0.6) is 0 Å². The highest BCUT2D eigenvalue weighted by molar-refractivity contribution is 7.17. The molecule has 1 aromatic carbocycles. The summed E-state index contributed by atoms with van der Waals surface area (Å²) in [6.07, 6.45) is 0.635. The van der Waals surface area contributed by atoms with Crippen molar-refractivity contribution in [1.29, 1.82) is 0 Å². The van der Waals surface area contributed by atoms with Gasteiger partial charge in [-0.05, 0) is 40.9 Å². The maximum atomic E-state index is 11.8. The first-order valence-corrected chi connectivity index (χ1v) is 6.05. The molecule has 2 heteroatoms. The van der Waals surface area contributed by atoms with Crippen LogP contribution in [0.25, 0.3) is 10.1 Å². The molecule has 15 heavy (non-hydrogen) atoms. The molecule has 2 rings (SSSR count). The fourth-order valence-electron chi connectivity index (χ4n) is 1.63. The predicted octanol–water partition coefficient (Wildman–Crippen LogP) is 4.13. The molecule has 0 aliphatic heterocycles.